The van der Waals surface area contributed by atoms with Crippen molar-refractivity contribution in [3.05, 3.63) is 69.2 Å². The molecule has 0 aliphatic carbocycles. The molecule has 0 aliphatic rings. The van der Waals surface area contributed by atoms with Crippen molar-refractivity contribution in [2.24, 2.45) is 0 Å². The second kappa shape index (κ2) is 5.06. The first-order chi connectivity index (χ1) is 11.2. The summed E-state index contributed by atoms with van der Waals surface area (Å²) in [6, 6.07) is 13.7. The van der Waals surface area contributed by atoms with E-state index in [1.807, 2.05) is 0 Å². The molecule has 0 unspecified atom stereocenters. The summed E-state index contributed by atoms with van der Waals surface area (Å²) in [5.74, 6) is 0. The Balaban J connectivity index is 1.82. The highest BCUT2D eigenvalue weighted by atomic mass is 16.5. The number of benzene rings is 2. The van der Waals surface area contributed by atoms with Crippen LogP contribution in [0.1, 0.15) is 0 Å². The van der Waals surface area contributed by atoms with Crippen LogP contribution >= 0.6 is 0 Å². The van der Waals surface area contributed by atoms with E-state index < -0.39 is 0 Å². The quantitative estimate of drug-likeness (QED) is 0.589. The summed E-state index contributed by atoms with van der Waals surface area (Å²) in [6.07, 6.45) is 0. The molecule has 112 valence electrons. The average molecular weight is 306 g/mol. The van der Waals surface area contributed by atoms with Crippen LogP contribution in [0.5, 0.6) is 12.0 Å². The summed E-state index contributed by atoms with van der Waals surface area (Å²) in [5, 5.41) is 0.916. The number of hydrogen-bond donors (Lipinski definition) is 2. The van der Waals surface area contributed by atoms with Crippen LogP contribution in [0, 0.1) is 0 Å². The van der Waals surface area contributed by atoms with E-state index in [1.54, 1.807) is 48.5 Å². The predicted molar refractivity (Wildman–Crippen MR) is 84.8 cm³/mol. The van der Waals surface area contributed by atoms with Crippen LogP contribution in [0.15, 0.2) is 58.1 Å². The van der Waals surface area contributed by atoms with Gasteiger partial charge in [0.05, 0.1) is 21.8 Å². The largest absolute Gasteiger partial charge is 0.391 e. The van der Waals surface area contributed by atoms with Gasteiger partial charge in [-0.15, -0.1) is 0 Å². The molecule has 0 saturated carbocycles. The smallest absolute Gasteiger partial charge is 0.305 e. The fraction of sp³-hybridized carbons (Fsp3) is 0. The number of hydrogen-bond acceptors (Lipinski definition) is 5. The third-order valence-corrected chi connectivity index (χ3v) is 3.38. The first-order valence-electron chi connectivity index (χ1n) is 6.87. The Labute approximate surface area is 128 Å². The van der Waals surface area contributed by atoms with E-state index in [1.165, 1.54) is 0 Å². The van der Waals surface area contributed by atoms with Crippen molar-refractivity contribution in [3.63, 3.8) is 0 Å². The lowest BCUT2D eigenvalue weighted by Crippen LogP contribution is -2.12. The minimum atomic E-state index is -0.325. The highest BCUT2D eigenvalue weighted by Gasteiger charge is 2.08. The molecule has 0 bridgehead atoms. The topological polar surface area (TPSA) is 101 Å². The maximum atomic E-state index is 12.0. The second-order valence-corrected chi connectivity index (χ2v) is 4.88. The minimum Gasteiger partial charge on any atom is -0.391 e. The van der Waals surface area contributed by atoms with Gasteiger partial charge < -0.3 is 4.74 Å². The van der Waals surface area contributed by atoms with Gasteiger partial charge in [0, 0.05) is 0 Å². The molecule has 0 radical (unpaired) electrons. The van der Waals surface area contributed by atoms with E-state index in [0.29, 0.717) is 21.8 Å². The Morgan fingerprint density at radius 3 is 1.61 bits per heavy atom. The standard InChI is InChI=1S/C16H10N4O3/c21-13-9-5-1-3-7-11(9)17-15(19-13)23-16-18-12-8-4-2-6-10(12)14(22)20-16/h1-8H,(H,17,19,21)(H,18,20,22). The molecule has 7 nitrogen and oxygen atoms in total. The molecule has 0 saturated heterocycles. The van der Waals surface area contributed by atoms with Crippen molar-refractivity contribution < 1.29 is 4.74 Å². The monoisotopic (exact) mass is 306 g/mol. The molecule has 2 N–H and O–H groups in total. The van der Waals surface area contributed by atoms with Gasteiger partial charge >= 0.3 is 12.0 Å². The van der Waals surface area contributed by atoms with Crippen molar-refractivity contribution in [1.82, 2.24) is 19.9 Å². The zero-order valence-electron chi connectivity index (χ0n) is 11.7. The average Bonchev–Trinajstić information content (AvgIpc) is 2.55. The fourth-order valence-corrected chi connectivity index (χ4v) is 2.32. The molecule has 4 aromatic rings. The number of aromatic amines is 2. The Hall–Kier alpha value is -3.48. The molecule has 2 aromatic carbocycles. The molecule has 0 spiro atoms. The van der Waals surface area contributed by atoms with E-state index in [4.69, 9.17) is 4.74 Å². The van der Waals surface area contributed by atoms with E-state index in [9.17, 15) is 9.59 Å². The van der Waals surface area contributed by atoms with Crippen molar-refractivity contribution in [2.45, 2.75) is 0 Å². The maximum Gasteiger partial charge on any atom is 0.305 e. The van der Waals surface area contributed by atoms with Gasteiger partial charge in [0.2, 0.25) is 0 Å². The van der Waals surface area contributed by atoms with Crippen LogP contribution in [0.25, 0.3) is 21.8 Å². The summed E-state index contributed by atoms with van der Waals surface area (Å²) in [6.45, 7) is 0. The fourth-order valence-electron chi connectivity index (χ4n) is 2.32. The van der Waals surface area contributed by atoms with Gasteiger partial charge in [0.1, 0.15) is 0 Å². The lowest BCUT2D eigenvalue weighted by molar-refractivity contribution is 0.408. The van der Waals surface area contributed by atoms with Crippen LogP contribution < -0.4 is 15.9 Å². The van der Waals surface area contributed by atoms with Crippen LogP contribution in [0.3, 0.4) is 0 Å². The van der Waals surface area contributed by atoms with Crippen molar-refractivity contribution in [2.75, 3.05) is 0 Å². The van der Waals surface area contributed by atoms with Gasteiger partial charge in [0.15, 0.2) is 0 Å². The molecule has 7 heteroatoms. The molecule has 0 amide bonds. The normalized spacial score (nSPS) is 11.0. The Morgan fingerprint density at radius 1 is 0.696 bits per heavy atom. The maximum absolute atomic E-state index is 12.0. The van der Waals surface area contributed by atoms with Gasteiger partial charge in [-0.1, -0.05) is 24.3 Å². The highest BCUT2D eigenvalue weighted by molar-refractivity contribution is 5.78. The molecule has 2 heterocycles. The van der Waals surface area contributed by atoms with Crippen molar-refractivity contribution >= 4 is 21.8 Å². The molecular formula is C16H10N4O3. The van der Waals surface area contributed by atoms with Crippen molar-refractivity contribution in [1.29, 1.82) is 0 Å². The minimum absolute atomic E-state index is 0.0351. The predicted octanol–water partition coefficient (Wildman–Crippen LogP) is 1.95. The number of nitrogens with zero attached hydrogens (tertiary/aromatic N) is 2. The van der Waals surface area contributed by atoms with E-state index in [2.05, 4.69) is 19.9 Å². The SMILES string of the molecule is O=c1[nH]c(Oc2nc3ccccc3c(=O)[nH]2)nc2ccccc12. The highest BCUT2D eigenvalue weighted by Crippen LogP contribution is 2.15. The summed E-state index contributed by atoms with van der Waals surface area (Å²) >= 11 is 0. The van der Waals surface area contributed by atoms with Gasteiger partial charge in [-0.3, -0.25) is 19.6 Å². The molecule has 23 heavy (non-hydrogen) atoms. The van der Waals surface area contributed by atoms with E-state index in [0.717, 1.165) is 0 Å². The van der Waals surface area contributed by atoms with Gasteiger partial charge in [-0.2, -0.15) is 9.97 Å². The summed E-state index contributed by atoms with van der Waals surface area (Å²) in [4.78, 5) is 37.4. The number of aromatic nitrogens is 4. The number of para-hydroxylation sites is 2. The third-order valence-electron chi connectivity index (χ3n) is 3.38. The van der Waals surface area contributed by atoms with Crippen molar-refractivity contribution in [3.8, 4) is 12.0 Å². The number of H-pyrrole nitrogens is 2. The third kappa shape index (κ3) is 2.34. The van der Waals surface area contributed by atoms with E-state index in [-0.39, 0.29) is 23.1 Å². The lowest BCUT2D eigenvalue weighted by Gasteiger charge is -2.05. The molecule has 4 rings (SSSR count). The first kappa shape index (κ1) is 13.2. The van der Waals surface area contributed by atoms with Gasteiger partial charge in [-0.05, 0) is 24.3 Å². The number of ether oxygens (including phenoxy) is 1. The lowest BCUT2D eigenvalue weighted by atomic mass is 10.2. The number of rotatable bonds is 2. The van der Waals surface area contributed by atoms with Crippen LogP contribution in [-0.2, 0) is 0 Å². The Morgan fingerprint density at radius 2 is 1.13 bits per heavy atom. The molecular weight excluding hydrogens is 296 g/mol. The second-order valence-electron chi connectivity index (χ2n) is 4.88. The molecule has 0 atom stereocenters. The van der Waals surface area contributed by atoms with E-state index >= 15 is 0 Å². The number of fused-ring (bicyclic) bond motifs is 2. The zero-order chi connectivity index (χ0) is 15.8. The molecule has 0 aliphatic heterocycles. The first-order valence-corrected chi connectivity index (χ1v) is 6.87. The van der Waals surface area contributed by atoms with Gasteiger partial charge in [0.25, 0.3) is 11.1 Å². The Bertz CT molecular complexity index is 1060. The molecule has 0 fully saturated rings. The number of nitrogens with one attached hydrogen (secondary N) is 2. The molecule has 2 aromatic heterocycles. The summed E-state index contributed by atoms with van der Waals surface area (Å²) < 4.78 is 5.42. The zero-order valence-corrected chi connectivity index (χ0v) is 11.7. The van der Waals surface area contributed by atoms with Crippen LogP contribution in [0.2, 0.25) is 0 Å². The summed E-state index contributed by atoms with van der Waals surface area (Å²) in [7, 11) is 0. The van der Waals surface area contributed by atoms with Crippen LogP contribution in [0.4, 0.5) is 0 Å². The van der Waals surface area contributed by atoms with Crippen LogP contribution in [-0.4, -0.2) is 19.9 Å². The Kier molecular flexibility index (Phi) is 2.90. The summed E-state index contributed by atoms with van der Waals surface area (Å²) in [5.41, 5.74) is 0.339. The van der Waals surface area contributed by atoms with Gasteiger partial charge in [-0.25, -0.2) is 0 Å².